The van der Waals surface area contributed by atoms with Gasteiger partial charge >= 0.3 is 0 Å². The molecule has 0 unspecified atom stereocenters. The van der Waals surface area contributed by atoms with Gasteiger partial charge in [0, 0.05) is 12.1 Å². The van der Waals surface area contributed by atoms with Gasteiger partial charge in [-0.05, 0) is 49.2 Å². The lowest BCUT2D eigenvalue weighted by molar-refractivity contribution is 0.408. The average molecular weight is 244 g/mol. The van der Waals surface area contributed by atoms with Gasteiger partial charge in [-0.25, -0.2) is 0 Å². The molecule has 0 aliphatic heterocycles. The van der Waals surface area contributed by atoms with Crippen LogP contribution in [0, 0.1) is 13.8 Å². The van der Waals surface area contributed by atoms with Crippen LogP contribution < -0.4 is 9.47 Å². The van der Waals surface area contributed by atoms with Crippen LogP contribution >= 0.6 is 0 Å². The average Bonchev–Trinajstić information content (AvgIpc) is 2.26. The molecule has 1 N–H and O–H groups in total. The van der Waals surface area contributed by atoms with E-state index in [-0.39, 0.29) is 5.75 Å². The molecule has 0 aromatic heterocycles. The lowest BCUT2D eigenvalue weighted by Gasteiger charge is -2.09. The molecule has 0 heterocycles. The summed E-state index contributed by atoms with van der Waals surface area (Å²) < 4.78 is 10.9. The SMILES string of the molecule is COc1cc(C)cc(Oc2cc(C)cc(O)c2)c1. The van der Waals surface area contributed by atoms with Gasteiger partial charge in [0.15, 0.2) is 0 Å². The quantitative estimate of drug-likeness (QED) is 0.892. The Kier molecular flexibility index (Phi) is 3.42. The van der Waals surface area contributed by atoms with Crippen LogP contribution in [0.2, 0.25) is 0 Å². The van der Waals surface area contributed by atoms with Crippen molar-refractivity contribution in [2.45, 2.75) is 13.8 Å². The van der Waals surface area contributed by atoms with Gasteiger partial charge in [-0.1, -0.05) is 0 Å². The zero-order valence-corrected chi connectivity index (χ0v) is 10.7. The van der Waals surface area contributed by atoms with E-state index in [4.69, 9.17) is 9.47 Å². The van der Waals surface area contributed by atoms with Gasteiger partial charge in [-0.15, -0.1) is 0 Å². The van der Waals surface area contributed by atoms with Crippen molar-refractivity contribution in [3.05, 3.63) is 47.5 Å². The Labute approximate surface area is 107 Å². The van der Waals surface area contributed by atoms with Crippen molar-refractivity contribution in [3.63, 3.8) is 0 Å². The molecule has 2 rings (SSSR count). The molecule has 0 atom stereocenters. The van der Waals surface area contributed by atoms with E-state index in [0.717, 1.165) is 16.9 Å². The molecule has 0 spiro atoms. The van der Waals surface area contributed by atoms with Crippen molar-refractivity contribution in [2.75, 3.05) is 7.11 Å². The predicted molar refractivity (Wildman–Crippen MR) is 70.6 cm³/mol. The summed E-state index contributed by atoms with van der Waals surface area (Å²) in [6, 6.07) is 10.8. The Bertz CT molecular complexity index is 541. The fourth-order valence-electron chi connectivity index (χ4n) is 1.81. The van der Waals surface area contributed by atoms with Gasteiger partial charge in [0.2, 0.25) is 0 Å². The molecular weight excluding hydrogens is 228 g/mol. The number of hydrogen-bond donors (Lipinski definition) is 1. The summed E-state index contributed by atoms with van der Waals surface area (Å²) in [5, 5.41) is 9.52. The Morgan fingerprint density at radius 1 is 0.778 bits per heavy atom. The second kappa shape index (κ2) is 5.00. The maximum Gasteiger partial charge on any atom is 0.131 e. The first-order valence-electron chi connectivity index (χ1n) is 5.71. The molecule has 0 aliphatic rings. The van der Waals surface area contributed by atoms with Gasteiger partial charge in [0.25, 0.3) is 0 Å². The van der Waals surface area contributed by atoms with Crippen molar-refractivity contribution < 1.29 is 14.6 Å². The Morgan fingerprint density at radius 2 is 1.33 bits per heavy atom. The van der Waals surface area contributed by atoms with Crippen molar-refractivity contribution in [3.8, 4) is 23.0 Å². The summed E-state index contributed by atoms with van der Waals surface area (Å²) in [5.41, 5.74) is 2.01. The van der Waals surface area contributed by atoms with Crippen molar-refractivity contribution >= 4 is 0 Å². The Balaban J connectivity index is 2.30. The minimum atomic E-state index is 0.199. The van der Waals surface area contributed by atoms with Crippen LogP contribution in [0.5, 0.6) is 23.0 Å². The van der Waals surface area contributed by atoms with Crippen LogP contribution in [0.4, 0.5) is 0 Å². The van der Waals surface area contributed by atoms with E-state index >= 15 is 0 Å². The number of ether oxygens (including phenoxy) is 2. The first-order chi connectivity index (χ1) is 8.56. The van der Waals surface area contributed by atoms with Crippen molar-refractivity contribution in [2.24, 2.45) is 0 Å². The molecule has 0 radical (unpaired) electrons. The van der Waals surface area contributed by atoms with E-state index in [9.17, 15) is 5.11 Å². The van der Waals surface area contributed by atoms with Crippen LogP contribution in [0.15, 0.2) is 36.4 Å². The zero-order valence-electron chi connectivity index (χ0n) is 10.7. The molecule has 0 aliphatic carbocycles. The topological polar surface area (TPSA) is 38.7 Å². The number of aryl methyl sites for hydroxylation is 2. The molecule has 3 heteroatoms. The van der Waals surface area contributed by atoms with Crippen LogP contribution in [-0.2, 0) is 0 Å². The summed E-state index contributed by atoms with van der Waals surface area (Å²) in [6.07, 6.45) is 0. The van der Waals surface area contributed by atoms with Crippen LogP contribution in [0.1, 0.15) is 11.1 Å². The van der Waals surface area contributed by atoms with Gasteiger partial charge in [-0.2, -0.15) is 0 Å². The molecule has 0 bridgehead atoms. The molecule has 2 aromatic carbocycles. The fraction of sp³-hybridized carbons (Fsp3) is 0.200. The largest absolute Gasteiger partial charge is 0.508 e. The predicted octanol–water partition coefficient (Wildman–Crippen LogP) is 3.81. The number of hydrogen-bond acceptors (Lipinski definition) is 3. The summed E-state index contributed by atoms with van der Waals surface area (Å²) >= 11 is 0. The lowest BCUT2D eigenvalue weighted by Crippen LogP contribution is -1.89. The second-order valence-electron chi connectivity index (χ2n) is 4.29. The molecule has 0 fully saturated rings. The first-order valence-corrected chi connectivity index (χ1v) is 5.71. The Morgan fingerprint density at radius 3 is 1.94 bits per heavy atom. The highest BCUT2D eigenvalue weighted by Crippen LogP contribution is 2.29. The van der Waals surface area contributed by atoms with Gasteiger partial charge in [0.05, 0.1) is 7.11 Å². The van der Waals surface area contributed by atoms with E-state index in [1.54, 1.807) is 19.2 Å². The third-order valence-electron chi connectivity index (χ3n) is 2.53. The smallest absolute Gasteiger partial charge is 0.131 e. The van der Waals surface area contributed by atoms with Gasteiger partial charge in [0.1, 0.15) is 23.0 Å². The minimum absolute atomic E-state index is 0.199. The highest BCUT2D eigenvalue weighted by molar-refractivity contribution is 5.43. The first kappa shape index (κ1) is 12.3. The molecule has 0 saturated heterocycles. The second-order valence-corrected chi connectivity index (χ2v) is 4.29. The summed E-state index contributed by atoms with van der Waals surface area (Å²) in [4.78, 5) is 0. The third kappa shape index (κ3) is 2.94. The molecule has 18 heavy (non-hydrogen) atoms. The van der Waals surface area contributed by atoms with E-state index in [1.165, 1.54) is 0 Å². The van der Waals surface area contributed by atoms with E-state index < -0.39 is 0 Å². The number of benzene rings is 2. The number of aromatic hydroxyl groups is 1. The molecule has 94 valence electrons. The van der Waals surface area contributed by atoms with E-state index in [2.05, 4.69) is 0 Å². The fourth-order valence-corrected chi connectivity index (χ4v) is 1.81. The summed E-state index contributed by atoms with van der Waals surface area (Å²) in [6.45, 7) is 3.88. The maximum absolute atomic E-state index is 9.52. The number of rotatable bonds is 3. The van der Waals surface area contributed by atoms with Gasteiger partial charge < -0.3 is 14.6 Å². The molecule has 0 saturated carbocycles. The molecule has 2 aromatic rings. The monoisotopic (exact) mass is 244 g/mol. The lowest BCUT2D eigenvalue weighted by atomic mass is 10.2. The highest BCUT2D eigenvalue weighted by Gasteiger charge is 2.03. The number of methoxy groups -OCH3 is 1. The van der Waals surface area contributed by atoms with Crippen LogP contribution in [0.3, 0.4) is 0 Å². The van der Waals surface area contributed by atoms with E-state index in [0.29, 0.717) is 11.5 Å². The van der Waals surface area contributed by atoms with E-state index in [1.807, 2.05) is 38.1 Å². The zero-order chi connectivity index (χ0) is 13.1. The summed E-state index contributed by atoms with van der Waals surface area (Å²) in [7, 11) is 1.62. The van der Waals surface area contributed by atoms with Crippen LogP contribution in [-0.4, -0.2) is 12.2 Å². The summed E-state index contributed by atoms with van der Waals surface area (Å²) in [5.74, 6) is 2.25. The molecular formula is C15H16O3. The number of phenolic OH excluding ortho intramolecular Hbond substituents is 1. The maximum atomic E-state index is 9.52. The normalized spacial score (nSPS) is 10.2. The molecule has 3 nitrogen and oxygen atoms in total. The highest BCUT2D eigenvalue weighted by atomic mass is 16.5. The van der Waals surface area contributed by atoms with Crippen LogP contribution in [0.25, 0.3) is 0 Å². The standard InChI is InChI=1S/C15H16O3/c1-10-4-12(16)8-14(6-10)18-15-7-11(2)5-13(9-15)17-3/h4-9,16H,1-3H3. The van der Waals surface area contributed by atoms with Crippen molar-refractivity contribution in [1.29, 1.82) is 0 Å². The number of phenols is 1. The Hall–Kier alpha value is -2.16. The van der Waals surface area contributed by atoms with Gasteiger partial charge in [-0.3, -0.25) is 0 Å². The third-order valence-corrected chi connectivity index (χ3v) is 2.53. The molecule has 0 amide bonds. The van der Waals surface area contributed by atoms with Crippen molar-refractivity contribution in [1.82, 2.24) is 0 Å². The minimum Gasteiger partial charge on any atom is -0.508 e.